The summed E-state index contributed by atoms with van der Waals surface area (Å²) < 4.78 is 5.42. The molecule has 0 bridgehead atoms. The molecule has 0 radical (unpaired) electrons. The van der Waals surface area contributed by atoms with Crippen LogP contribution in [0.15, 0.2) is 18.2 Å². The van der Waals surface area contributed by atoms with Gasteiger partial charge in [-0.05, 0) is 24.6 Å². The lowest BCUT2D eigenvalue weighted by Crippen LogP contribution is -2.00. The van der Waals surface area contributed by atoms with Crippen molar-refractivity contribution in [3.8, 4) is 11.8 Å². The first-order valence-corrected chi connectivity index (χ1v) is 5.04. The number of hydrogen-bond donors (Lipinski definition) is 1. The normalized spacial score (nSPS) is 9.67. The minimum absolute atomic E-state index is 0.103. The Bertz CT molecular complexity index is 360. The zero-order chi connectivity index (χ0) is 11.1. The number of benzene rings is 1. The van der Waals surface area contributed by atoms with Crippen LogP contribution in [0.2, 0.25) is 5.02 Å². The van der Waals surface area contributed by atoms with E-state index in [1.54, 1.807) is 18.2 Å². The first-order valence-electron chi connectivity index (χ1n) is 4.67. The molecule has 4 heteroatoms. The second-order valence-electron chi connectivity index (χ2n) is 3.02. The average Bonchev–Trinajstić information content (AvgIpc) is 2.26. The third-order valence-electron chi connectivity index (χ3n) is 1.88. The highest BCUT2D eigenvalue weighted by Crippen LogP contribution is 2.22. The largest absolute Gasteiger partial charge is 0.493 e. The molecule has 0 unspecified atom stereocenters. The molecule has 0 atom stereocenters. The SMILES string of the molecule is N#CCCCOc1ccc(Cl)cc1CO. The van der Waals surface area contributed by atoms with E-state index in [0.717, 1.165) is 0 Å². The highest BCUT2D eigenvalue weighted by atomic mass is 35.5. The first-order chi connectivity index (χ1) is 7.27. The van der Waals surface area contributed by atoms with E-state index in [1.165, 1.54) is 0 Å². The van der Waals surface area contributed by atoms with Crippen molar-refractivity contribution < 1.29 is 9.84 Å². The van der Waals surface area contributed by atoms with Crippen LogP contribution < -0.4 is 4.74 Å². The molecule has 0 amide bonds. The summed E-state index contributed by atoms with van der Waals surface area (Å²) in [6, 6.07) is 7.14. The predicted octanol–water partition coefficient (Wildman–Crippen LogP) is 2.51. The summed E-state index contributed by atoms with van der Waals surface area (Å²) in [6.45, 7) is 0.371. The Morgan fingerprint density at radius 1 is 1.47 bits per heavy atom. The van der Waals surface area contributed by atoms with Gasteiger partial charge < -0.3 is 9.84 Å². The van der Waals surface area contributed by atoms with Gasteiger partial charge in [0.05, 0.1) is 19.3 Å². The molecular weight excluding hydrogens is 214 g/mol. The summed E-state index contributed by atoms with van der Waals surface area (Å²) in [4.78, 5) is 0. The minimum atomic E-state index is -0.103. The third kappa shape index (κ3) is 3.78. The van der Waals surface area contributed by atoms with Gasteiger partial charge in [0.25, 0.3) is 0 Å². The Kier molecular flexibility index (Phi) is 4.96. The molecule has 1 aromatic rings. The molecule has 15 heavy (non-hydrogen) atoms. The molecule has 0 aliphatic heterocycles. The van der Waals surface area contributed by atoms with Gasteiger partial charge in [-0.15, -0.1) is 0 Å². The summed E-state index contributed by atoms with van der Waals surface area (Å²) in [6.07, 6.45) is 1.16. The summed E-state index contributed by atoms with van der Waals surface area (Å²) in [7, 11) is 0. The minimum Gasteiger partial charge on any atom is -0.493 e. The van der Waals surface area contributed by atoms with E-state index in [1.807, 2.05) is 6.07 Å². The van der Waals surface area contributed by atoms with Crippen LogP contribution in [-0.2, 0) is 6.61 Å². The van der Waals surface area contributed by atoms with Crippen LogP contribution in [0.1, 0.15) is 18.4 Å². The maximum Gasteiger partial charge on any atom is 0.124 e. The molecule has 0 aliphatic carbocycles. The predicted molar refractivity (Wildman–Crippen MR) is 57.7 cm³/mol. The molecule has 1 aromatic carbocycles. The van der Waals surface area contributed by atoms with E-state index in [4.69, 9.17) is 26.7 Å². The Labute approximate surface area is 93.9 Å². The zero-order valence-electron chi connectivity index (χ0n) is 8.24. The second kappa shape index (κ2) is 6.28. The Morgan fingerprint density at radius 3 is 2.93 bits per heavy atom. The topological polar surface area (TPSA) is 53.2 Å². The number of ether oxygens (including phenoxy) is 1. The van der Waals surface area contributed by atoms with E-state index < -0.39 is 0 Å². The molecule has 0 heterocycles. The molecule has 0 aromatic heterocycles. The number of aliphatic hydroxyl groups is 1. The van der Waals surface area contributed by atoms with Gasteiger partial charge in [0.1, 0.15) is 5.75 Å². The highest BCUT2D eigenvalue weighted by Gasteiger charge is 2.03. The van der Waals surface area contributed by atoms with E-state index >= 15 is 0 Å². The van der Waals surface area contributed by atoms with Crippen LogP contribution in [0.25, 0.3) is 0 Å². The smallest absolute Gasteiger partial charge is 0.124 e. The fraction of sp³-hybridized carbons (Fsp3) is 0.364. The number of hydrogen-bond acceptors (Lipinski definition) is 3. The average molecular weight is 226 g/mol. The van der Waals surface area contributed by atoms with Gasteiger partial charge >= 0.3 is 0 Å². The number of halogens is 1. The molecule has 0 saturated carbocycles. The van der Waals surface area contributed by atoms with E-state index in [0.29, 0.717) is 35.8 Å². The number of aliphatic hydroxyl groups excluding tert-OH is 1. The fourth-order valence-corrected chi connectivity index (χ4v) is 1.34. The van der Waals surface area contributed by atoms with Gasteiger partial charge in [-0.25, -0.2) is 0 Å². The van der Waals surface area contributed by atoms with Gasteiger partial charge in [0.15, 0.2) is 0 Å². The summed E-state index contributed by atoms with van der Waals surface area (Å²) in [5, 5.41) is 18.0. The molecule has 1 rings (SSSR count). The van der Waals surface area contributed by atoms with Gasteiger partial charge in [-0.2, -0.15) is 5.26 Å². The molecule has 0 fully saturated rings. The maximum absolute atomic E-state index is 9.05. The summed E-state index contributed by atoms with van der Waals surface area (Å²) >= 11 is 5.77. The first kappa shape index (κ1) is 11.8. The van der Waals surface area contributed by atoms with Crippen molar-refractivity contribution in [2.24, 2.45) is 0 Å². The number of rotatable bonds is 5. The van der Waals surface area contributed by atoms with Gasteiger partial charge in [0.2, 0.25) is 0 Å². The second-order valence-corrected chi connectivity index (χ2v) is 3.46. The maximum atomic E-state index is 9.05. The highest BCUT2D eigenvalue weighted by molar-refractivity contribution is 6.30. The molecule has 3 nitrogen and oxygen atoms in total. The lowest BCUT2D eigenvalue weighted by molar-refractivity contribution is 0.262. The van der Waals surface area contributed by atoms with E-state index in [9.17, 15) is 0 Å². The van der Waals surface area contributed by atoms with E-state index in [2.05, 4.69) is 0 Å². The van der Waals surface area contributed by atoms with Gasteiger partial charge in [-0.1, -0.05) is 11.6 Å². The molecule has 0 aliphatic rings. The quantitative estimate of drug-likeness (QED) is 0.784. The lowest BCUT2D eigenvalue weighted by Gasteiger charge is -2.09. The molecule has 1 N–H and O–H groups in total. The van der Waals surface area contributed by atoms with Crippen LogP contribution in [0.5, 0.6) is 5.75 Å². The standard InChI is InChI=1S/C11H12ClNO2/c12-10-3-4-11(9(7-10)8-14)15-6-2-1-5-13/h3-4,7,14H,1-2,6,8H2. The number of nitrogens with zero attached hydrogens (tertiary/aromatic N) is 1. The lowest BCUT2D eigenvalue weighted by atomic mass is 10.2. The van der Waals surface area contributed by atoms with Crippen molar-refractivity contribution in [3.05, 3.63) is 28.8 Å². The van der Waals surface area contributed by atoms with Crippen molar-refractivity contribution in [3.63, 3.8) is 0 Å². The van der Waals surface area contributed by atoms with Crippen LogP contribution in [0, 0.1) is 11.3 Å². The van der Waals surface area contributed by atoms with Crippen LogP contribution in [0.4, 0.5) is 0 Å². The number of nitriles is 1. The summed E-state index contributed by atoms with van der Waals surface area (Å²) in [5.74, 6) is 0.625. The number of unbranched alkanes of at least 4 members (excludes halogenated alkanes) is 1. The van der Waals surface area contributed by atoms with Crippen molar-refractivity contribution in [2.45, 2.75) is 19.4 Å². The van der Waals surface area contributed by atoms with Gasteiger partial charge in [-0.3, -0.25) is 0 Å². The monoisotopic (exact) mass is 225 g/mol. The Hall–Kier alpha value is -1.24. The van der Waals surface area contributed by atoms with E-state index in [-0.39, 0.29) is 6.61 Å². The Balaban J connectivity index is 2.57. The van der Waals surface area contributed by atoms with Crippen LogP contribution in [0.3, 0.4) is 0 Å². The molecule has 0 saturated heterocycles. The van der Waals surface area contributed by atoms with Crippen molar-refractivity contribution in [1.29, 1.82) is 5.26 Å². The Morgan fingerprint density at radius 2 is 2.27 bits per heavy atom. The summed E-state index contributed by atoms with van der Waals surface area (Å²) in [5.41, 5.74) is 0.666. The molecule has 80 valence electrons. The van der Waals surface area contributed by atoms with Crippen molar-refractivity contribution >= 4 is 11.6 Å². The fourth-order valence-electron chi connectivity index (χ4n) is 1.15. The molecular formula is C11H12ClNO2. The van der Waals surface area contributed by atoms with Crippen molar-refractivity contribution in [2.75, 3.05) is 6.61 Å². The molecule has 0 spiro atoms. The van der Waals surface area contributed by atoms with Gasteiger partial charge in [0, 0.05) is 17.0 Å². The third-order valence-corrected chi connectivity index (χ3v) is 2.12. The van der Waals surface area contributed by atoms with Crippen LogP contribution in [-0.4, -0.2) is 11.7 Å². The van der Waals surface area contributed by atoms with Crippen molar-refractivity contribution in [1.82, 2.24) is 0 Å². The zero-order valence-corrected chi connectivity index (χ0v) is 9.00. The van der Waals surface area contributed by atoms with Crippen LogP contribution >= 0.6 is 11.6 Å².